The van der Waals surface area contributed by atoms with E-state index in [1.54, 1.807) is 0 Å². The van der Waals surface area contributed by atoms with E-state index in [-0.39, 0.29) is 0 Å². The molecule has 0 bridgehead atoms. The van der Waals surface area contributed by atoms with Gasteiger partial charge in [-0.2, -0.15) is 6.42 Å². The predicted octanol–water partition coefficient (Wildman–Crippen LogP) is 5.23. The molecule has 86 valence electrons. The molecular formula is C14H29-. The molecule has 0 aliphatic rings. The van der Waals surface area contributed by atoms with Crippen molar-refractivity contribution in [2.24, 2.45) is 11.8 Å². The zero-order valence-electron chi connectivity index (χ0n) is 10.5. The van der Waals surface area contributed by atoms with Crippen molar-refractivity contribution in [1.29, 1.82) is 0 Å². The molecule has 0 aromatic heterocycles. The number of unbranched alkanes of at least 4 members (excludes halogenated alkanes) is 4. The molecule has 0 heteroatoms. The standard InChI is InChI=1S/C14H29/c1-5-14(4)12-10-8-6-7-9-11-13(2)3/h13-14H,1,5-12H2,2-4H3/q-1/t14-/m0/s1. The summed E-state index contributed by atoms with van der Waals surface area (Å²) in [6.45, 7) is 10.9. The minimum Gasteiger partial charge on any atom is -0.343 e. The summed E-state index contributed by atoms with van der Waals surface area (Å²) >= 11 is 0. The minimum atomic E-state index is 0.839. The largest absolute Gasteiger partial charge is 0.343 e. The van der Waals surface area contributed by atoms with Crippen molar-refractivity contribution < 1.29 is 0 Å². The van der Waals surface area contributed by atoms with Gasteiger partial charge >= 0.3 is 0 Å². The molecule has 0 amide bonds. The van der Waals surface area contributed by atoms with Gasteiger partial charge in [0, 0.05) is 0 Å². The van der Waals surface area contributed by atoms with Gasteiger partial charge in [-0.15, -0.1) is 0 Å². The first-order chi connectivity index (χ1) is 6.66. The lowest BCUT2D eigenvalue weighted by atomic mass is 9.99. The van der Waals surface area contributed by atoms with Gasteiger partial charge in [0.15, 0.2) is 0 Å². The summed E-state index contributed by atoms with van der Waals surface area (Å²) in [4.78, 5) is 0. The molecule has 0 fully saturated rings. The Morgan fingerprint density at radius 3 is 1.79 bits per heavy atom. The van der Waals surface area contributed by atoms with Gasteiger partial charge in [0.25, 0.3) is 0 Å². The lowest BCUT2D eigenvalue weighted by Gasteiger charge is -2.10. The van der Waals surface area contributed by atoms with E-state index >= 15 is 0 Å². The van der Waals surface area contributed by atoms with Gasteiger partial charge in [-0.25, -0.2) is 0 Å². The summed E-state index contributed by atoms with van der Waals surface area (Å²) in [6.07, 6.45) is 11.1. The Labute approximate surface area is 91.5 Å². The van der Waals surface area contributed by atoms with Crippen molar-refractivity contribution in [3.63, 3.8) is 0 Å². The molecule has 14 heavy (non-hydrogen) atoms. The molecule has 0 N–H and O–H groups in total. The Morgan fingerprint density at radius 1 is 0.786 bits per heavy atom. The van der Waals surface area contributed by atoms with E-state index in [2.05, 4.69) is 27.7 Å². The van der Waals surface area contributed by atoms with E-state index in [1.165, 1.54) is 44.9 Å². The van der Waals surface area contributed by atoms with Gasteiger partial charge in [-0.1, -0.05) is 71.6 Å². The molecule has 0 saturated carbocycles. The molecule has 0 spiro atoms. The molecule has 0 nitrogen and oxygen atoms in total. The summed E-state index contributed by atoms with van der Waals surface area (Å²) in [7, 11) is 0. The molecule has 0 aliphatic heterocycles. The molecule has 0 saturated heterocycles. The van der Waals surface area contributed by atoms with E-state index in [9.17, 15) is 0 Å². The summed E-state index contributed by atoms with van der Waals surface area (Å²) in [6, 6.07) is 0. The molecular weight excluding hydrogens is 168 g/mol. The van der Waals surface area contributed by atoms with Crippen LogP contribution in [0.5, 0.6) is 0 Å². The lowest BCUT2D eigenvalue weighted by molar-refractivity contribution is 0.473. The second kappa shape index (κ2) is 9.55. The Hall–Kier alpha value is 0. The Morgan fingerprint density at radius 2 is 1.29 bits per heavy atom. The highest BCUT2D eigenvalue weighted by atomic mass is 14.0. The maximum Gasteiger partial charge on any atom is -0.0471 e. The van der Waals surface area contributed by atoms with E-state index in [1.807, 2.05) is 0 Å². The van der Waals surface area contributed by atoms with Crippen molar-refractivity contribution in [2.45, 2.75) is 72.1 Å². The van der Waals surface area contributed by atoms with E-state index in [4.69, 9.17) is 0 Å². The average Bonchev–Trinajstić information content (AvgIpc) is 2.15. The van der Waals surface area contributed by atoms with E-state index in [0.29, 0.717) is 0 Å². The topological polar surface area (TPSA) is 0 Å². The molecule has 0 aromatic carbocycles. The van der Waals surface area contributed by atoms with Crippen LogP contribution in [0, 0.1) is 18.8 Å². The molecule has 0 aliphatic carbocycles. The van der Waals surface area contributed by atoms with Crippen LogP contribution in [0.3, 0.4) is 0 Å². The third kappa shape index (κ3) is 10.1. The number of hydrogen-bond acceptors (Lipinski definition) is 0. The van der Waals surface area contributed by atoms with Crippen LogP contribution in [0.25, 0.3) is 0 Å². The van der Waals surface area contributed by atoms with Gasteiger partial charge in [-0.05, 0) is 5.92 Å². The summed E-state index contributed by atoms with van der Waals surface area (Å²) in [5.41, 5.74) is 0. The summed E-state index contributed by atoms with van der Waals surface area (Å²) in [5, 5.41) is 0. The summed E-state index contributed by atoms with van der Waals surface area (Å²) in [5.74, 6) is 1.73. The van der Waals surface area contributed by atoms with Crippen LogP contribution < -0.4 is 0 Å². The van der Waals surface area contributed by atoms with Crippen molar-refractivity contribution in [3.8, 4) is 0 Å². The highest BCUT2D eigenvalue weighted by Gasteiger charge is 1.96. The quantitative estimate of drug-likeness (QED) is 0.350. The highest BCUT2D eigenvalue weighted by molar-refractivity contribution is 4.55. The first-order valence-corrected chi connectivity index (χ1v) is 6.46. The molecule has 0 radical (unpaired) electrons. The first kappa shape index (κ1) is 14.0. The van der Waals surface area contributed by atoms with Crippen LogP contribution in [-0.2, 0) is 0 Å². The zero-order chi connectivity index (χ0) is 10.8. The van der Waals surface area contributed by atoms with Gasteiger partial charge < -0.3 is 6.92 Å². The highest BCUT2D eigenvalue weighted by Crippen LogP contribution is 2.15. The van der Waals surface area contributed by atoms with E-state index < -0.39 is 0 Å². The van der Waals surface area contributed by atoms with Gasteiger partial charge in [-0.3, -0.25) is 0 Å². The normalized spacial score (nSPS) is 13.5. The fraction of sp³-hybridized carbons (Fsp3) is 0.929. The van der Waals surface area contributed by atoms with Crippen LogP contribution in [0.1, 0.15) is 72.1 Å². The zero-order valence-corrected chi connectivity index (χ0v) is 10.5. The second-order valence-electron chi connectivity index (χ2n) is 5.13. The second-order valence-corrected chi connectivity index (χ2v) is 5.13. The SMILES string of the molecule is [CH2-]C[C@H](C)CCCCCCCC(C)C. The molecule has 0 unspecified atom stereocenters. The third-order valence-electron chi connectivity index (χ3n) is 2.97. The molecule has 0 aromatic rings. The van der Waals surface area contributed by atoms with Crippen LogP contribution in [0.2, 0.25) is 0 Å². The maximum atomic E-state index is 3.93. The summed E-state index contributed by atoms with van der Waals surface area (Å²) < 4.78 is 0. The number of hydrogen-bond donors (Lipinski definition) is 0. The molecule has 1 atom stereocenters. The average molecular weight is 197 g/mol. The fourth-order valence-electron chi connectivity index (χ4n) is 1.72. The number of rotatable bonds is 9. The lowest BCUT2D eigenvalue weighted by Crippen LogP contribution is -1.92. The minimum absolute atomic E-state index is 0.839. The maximum absolute atomic E-state index is 3.93. The monoisotopic (exact) mass is 197 g/mol. The first-order valence-electron chi connectivity index (χ1n) is 6.46. The van der Waals surface area contributed by atoms with Crippen LogP contribution in [0.15, 0.2) is 0 Å². The van der Waals surface area contributed by atoms with Crippen molar-refractivity contribution >= 4 is 0 Å². The molecule has 0 rings (SSSR count). The van der Waals surface area contributed by atoms with Crippen molar-refractivity contribution in [2.75, 3.05) is 0 Å². The van der Waals surface area contributed by atoms with Crippen molar-refractivity contribution in [3.05, 3.63) is 6.92 Å². The fourth-order valence-corrected chi connectivity index (χ4v) is 1.72. The Bertz CT molecular complexity index is 105. The van der Waals surface area contributed by atoms with Crippen LogP contribution in [0.4, 0.5) is 0 Å². The predicted molar refractivity (Wildman–Crippen MR) is 66.3 cm³/mol. The molecule has 0 heterocycles. The van der Waals surface area contributed by atoms with Crippen LogP contribution in [-0.4, -0.2) is 0 Å². The van der Waals surface area contributed by atoms with Crippen molar-refractivity contribution in [1.82, 2.24) is 0 Å². The Balaban J connectivity index is 2.99. The van der Waals surface area contributed by atoms with Gasteiger partial charge in [0.2, 0.25) is 0 Å². The van der Waals surface area contributed by atoms with Gasteiger partial charge in [0.05, 0.1) is 0 Å². The van der Waals surface area contributed by atoms with Gasteiger partial charge in [0.1, 0.15) is 0 Å². The van der Waals surface area contributed by atoms with Crippen LogP contribution >= 0.6 is 0 Å². The van der Waals surface area contributed by atoms with E-state index in [0.717, 1.165) is 18.3 Å². The third-order valence-corrected chi connectivity index (χ3v) is 2.97. The Kier molecular flexibility index (Phi) is 9.55. The smallest absolute Gasteiger partial charge is 0.0471 e.